The van der Waals surface area contributed by atoms with Crippen LogP contribution in [0.2, 0.25) is 10.3 Å². The van der Waals surface area contributed by atoms with Gasteiger partial charge in [0.05, 0.1) is 17.5 Å². The normalized spacial score (nSPS) is 25.3. The van der Waals surface area contributed by atoms with E-state index in [-0.39, 0.29) is 34.1 Å². The minimum absolute atomic E-state index is 0.0350. The van der Waals surface area contributed by atoms with Crippen LogP contribution in [0.4, 0.5) is 0 Å². The van der Waals surface area contributed by atoms with Gasteiger partial charge in [0.25, 0.3) is 5.91 Å². The number of carbonyl (C=O) groups is 2. The Morgan fingerprint density at radius 2 is 2.20 bits per heavy atom. The number of rotatable bonds is 1. The number of pyridine rings is 1. The summed E-state index contributed by atoms with van der Waals surface area (Å²) in [6, 6.07) is 3.03. The Balaban J connectivity index is 1.88. The topological polar surface area (TPSA) is 62.3 Å². The second-order valence-electron chi connectivity index (χ2n) is 5.03. The Bertz CT molecular complexity index is 579. The third-order valence-electron chi connectivity index (χ3n) is 3.91. The SMILES string of the molecule is O=C1NCC2C1CCCN2C(=O)c1ccc(Cl)nc1Cl. The predicted molar refractivity (Wildman–Crippen MR) is 74.8 cm³/mol. The summed E-state index contributed by atoms with van der Waals surface area (Å²) >= 11 is 11.7. The van der Waals surface area contributed by atoms with Gasteiger partial charge in [0.1, 0.15) is 10.3 Å². The van der Waals surface area contributed by atoms with E-state index in [9.17, 15) is 9.59 Å². The molecular formula is C13H13Cl2N3O2. The van der Waals surface area contributed by atoms with Gasteiger partial charge in [0.15, 0.2) is 0 Å². The number of hydrogen-bond acceptors (Lipinski definition) is 3. The summed E-state index contributed by atoms with van der Waals surface area (Å²) in [7, 11) is 0. The monoisotopic (exact) mass is 313 g/mol. The molecule has 0 aliphatic carbocycles. The van der Waals surface area contributed by atoms with Crippen LogP contribution in [0.5, 0.6) is 0 Å². The summed E-state index contributed by atoms with van der Waals surface area (Å²) in [5.41, 5.74) is 0.330. The first-order valence-electron chi connectivity index (χ1n) is 6.48. The van der Waals surface area contributed by atoms with Crippen LogP contribution in [0.1, 0.15) is 23.2 Å². The van der Waals surface area contributed by atoms with Crippen LogP contribution in [-0.2, 0) is 4.79 Å². The van der Waals surface area contributed by atoms with Crippen LogP contribution >= 0.6 is 23.2 Å². The number of carbonyl (C=O) groups excluding carboxylic acids is 2. The molecule has 0 aromatic carbocycles. The lowest BCUT2D eigenvalue weighted by Gasteiger charge is -2.36. The standard InChI is InChI=1S/C13H13Cl2N3O2/c14-10-4-3-8(11(15)17-10)13(20)18-5-1-2-7-9(18)6-16-12(7)19/h3-4,7,9H,1-2,5-6H2,(H,16,19). The number of halogens is 2. The van der Waals surface area contributed by atoms with Crippen LogP contribution in [0.3, 0.4) is 0 Å². The molecule has 0 bridgehead atoms. The number of likely N-dealkylation sites (tertiary alicyclic amines) is 1. The van der Waals surface area contributed by atoms with Crippen molar-refractivity contribution in [2.24, 2.45) is 5.92 Å². The first kappa shape index (κ1) is 13.6. The lowest BCUT2D eigenvalue weighted by molar-refractivity contribution is -0.123. The van der Waals surface area contributed by atoms with Gasteiger partial charge in [-0.15, -0.1) is 0 Å². The minimum atomic E-state index is -0.189. The number of piperidine rings is 1. The molecule has 2 amide bonds. The number of hydrogen-bond donors (Lipinski definition) is 1. The Kier molecular flexibility index (Phi) is 3.56. The van der Waals surface area contributed by atoms with E-state index in [2.05, 4.69) is 10.3 Å². The summed E-state index contributed by atoms with van der Waals surface area (Å²) < 4.78 is 0. The van der Waals surface area contributed by atoms with Gasteiger partial charge in [0, 0.05) is 13.1 Å². The molecule has 1 aromatic heterocycles. The number of fused-ring (bicyclic) bond motifs is 1. The summed E-state index contributed by atoms with van der Waals surface area (Å²) in [5.74, 6) is -0.259. The second-order valence-corrected chi connectivity index (χ2v) is 5.78. The maximum absolute atomic E-state index is 12.6. The first-order valence-corrected chi connectivity index (χ1v) is 7.24. The molecule has 3 rings (SSSR count). The zero-order chi connectivity index (χ0) is 14.3. The average molecular weight is 314 g/mol. The molecule has 20 heavy (non-hydrogen) atoms. The van der Waals surface area contributed by atoms with Crippen molar-refractivity contribution in [2.45, 2.75) is 18.9 Å². The number of nitrogens with zero attached hydrogens (tertiary/aromatic N) is 2. The summed E-state index contributed by atoms with van der Waals surface area (Å²) in [5, 5.41) is 3.17. The summed E-state index contributed by atoms with van der Waals surface area (Å²) in [6.45, 7) is 1.14. The number of aromatic nitrogens is 1. The Labute approximate surface area is 126 Å². The highest BCUT2D eigenvalue weighted by Crippen LogP contribution is 2.29. The van der Waals surface area contributed by atoms with Crippen LogP contribution < -0.4 is 5.32 Å². The smallest absolute Gasteiger partial charge is 0.257 e. The molecule has 1 aromatic rings. The molecule has 2 aliphatic heterocycles. The van der Waals surface area contributed by atoms with Gasteiger partial charge in [-0.3, -0.25) is 9.59 Å². The molecule has 2 fully saturated rings. The highest BCUT2D eigenvalue weighted by Gasteiger charge is 2.43. The lowest BCUT2D eigenvalue weighted by atomic mass is 9.91. The van der Waals surface area contributed by atoms with Crippen molar-refractivity contribution in [3.63, 3.8) is 0 Å². The largest absolute Gasteiger partial charge is 0.354 e. The van der Waals surface area contributed by atoms with E-state index in [1.807, 2.05) is 0 Å². The molecule has 106 valence electrons. The molecule has 7 heteroatoms. The molecule has 2 unspecified atom stereocenters. The van der Waals surface area contributed by atoms with Crippen molar-refractivity contribution >= 4 is 35.0 Å². The number of nitrogens with one attached hydrogen (secondary N) is 1. The van der Waals surface area contributed by atoms with E-state index >= 15 is 0 Å². The van der Waals surface area contributed by atoms with Crippen LogP contribution in [0, 0.1) is 5.92 Å². The van der Waals surface area contributed by atoms with E-state index < -0.39 is 0 Å². The maximum atomic E-state index is 12.6. The molecule has 5 nitrogen and oxygen atoms in total. The van der Waals surface area contributed by atoms with Crippen molar-refractivity contribution in [1.82, 2.24) is 15.2 Å². The molecule has 1 N–H and O–H groups in total. The quantitative estimate of drug-likeness (QED) is 0.803. The molecule has 2 aliphatic rings. The van der Waals surface area contributed by atoms with Gasteiger partial charge in [-0.25, -0.2) is 4.98 Å². The van der Waals surface area contributed by atoms with Gasteiger partial charge in [-0.05, 0) is 25.0 Å². The Morgan fingerprint density at radius 1 is 1.40 bits per heavy atom. The molecular weight excluding hydrogens is 301 g/mol. The van der Waals surface area contributed by atoms with Gasteiger partial charge in [-0.1, -0.05) is 23.2 Å². The molecule has 0 radical (unpaired) electrons. The van der Waals surface area contributed by atoms with Gasteiger partial charge < -0.3 is 10.2 Å². The lowest BCUT2D eigenvalue weighted by Crippen LogP contribution is -2.48. The van der Waals surface area contributed by atoms with Crippen molar-refractivity contribution < 1.29 is 9.59 Å². The van der Waals surface area contributed by atoms with Gasteiger partial charge >= 0.3 is 0 Å². The first-order chi connectivity index (χ1) is 9.58. The van der Waals surface area contributed by atoms with E-state index in [4.69, 9.17) is 23.2 Å². The Morgan fingerprint density at radius 3 is 2.95 bits per heavy atom. The molecule has 0 saturated carbocycles. The van der Waals surface area contributed by atoms with E-state index in [1.165, 1.54) is 0 Å². The molecule has 2 saturated heterocycles. The summed E-state index contributed by atoms with van der Waals surface area (Å²) in [4.78, 5) is 29.9. The van der Waals surface area contributed by atoms with Crippen molar-refractivity contribution in [1.29, 1.82) is 0 Å². The van der Waals surface area contributed by atoms with E-state index in [0.29, 0.717) is 18.7 Å². The molecule has 2 atom stereocenters. The summed E-state index contributed by atoms with van der Waals surface area (Å²) in [6.07, 6.45) is 1.64. The third kappa shape index (κ3) is 2.25. The van der Waals surface area contributed by atoms with Crippen molar-refractivity contribution in [3.05, 3.63) is 28.0 Å². The minimum Gasteiger partial charge on any atom is -0.354 e. The fourth-order valence-electron chi connectivity index (χ4n) is 2.93. The Hall–Kier alpha value is -1.33. The van der Waals surface area contributed by atoms with Crippen LogP contribution in [0.15, 0.2) is 12.1 Å². The maximum Gasteiger partial charge on any atom is 0.257 e. The zero-order valence-electron chi connectivity index (χ0n) is 10.6. The van der Waals surface area contributed by atoms with Gasteiger partial charge in [-0.2, -0.15) is 0 Å². The van der Waals surface area contributed by atoms with Crippen LogP contribution in [-0.4, -0.2) is 40.8 Å². The highest BCUT2D eigenvalue weighted by atomic mass is 35.5. The predicted octanol–water partition coefficient (Wildman–Crippen LogP) is 1.74. The van der Waals surface area contributed by atoms with E-state index in [1.54, 1.807) is 17.0 Å². The number of amides is 2. The van der Waals surface area contributed by atoms with Crippen molar-refractivity contribution in [2.75, 3.05) is 13.1 Å². The molecule has 0 spiro atoms. The fraction of sp³-hybridized carbons (Fsp3) is 0.462. The highest BCUT2D eigenvalue weighted by molar-refractivity contribution is 6.34. The average Bonchev–Trinajstić information content (AvgIpc) is 2.80. The van der Waals surface area contributed by atoms with Gasteiger partial charge in [0.2, 0.25) is 5.91 Å². The third-order valence-corrected chi connectivity index (χ3v) is 4.41. The van der Waals surface area contributed by atoms with Crippen molar-refractivity contribution in [3.8, 4) is 0 Å². The van der Waals surface area contributed by atoms with E-state index in [0.717, 1.165) is 12.8 Å². The fourth-order valence-corrected chi connectivity index (χ4v) is 3.36. The zero-order valence-corrected chi connectivity index (χ0v) is 12.1. The second kappa shape index (κ2) is 5.22. The molecule has 3 heterocycles. The van der Waals surface area contributed by atoms with Crippen LogP contribution in [0.25, 0.3) is 0 Å².